The molecule has 0 aliphatic carbocycles. The van der Waals surface area contributed by atoms with Gasteiger partial charge < -0.3 is 5.11 Å². The summed E-state index contributed by atoms with van der Waals surface area (Å²) in [7, 11) is 0. The van der Waals surface area contributed by atoms with Crippen molar-refractivity contribution in [3.8, 4) is 0 Å². The molecule has 5 nitrogen and oxygen atoms in total. The molecule has 2 heterocycles. The van der Waals surface area contributed by atoms with Crippen LogP contribution in [0.2, 0.25) is 0 Å². The number of nitrogens with zero attached hydrogens (tertiary/aromatic N) is 2. The van der Waals surface area contributed by atoms with Gasteiger partial charge in [0.2, 0.25) is 0 Å². The lowest BCUT2D eigenvalue weighted by Crippen LogP contribution is -2.29. The van der Waals surface area contributed by atoms with Crippen LogP contribution in [0.25, 0.3) is 6.08 Å². The van der Waals surface area contributed by atoms with Crippen LogP contribution in [0.1, 0.15) is 18.5 Å². The van der Waals surface area contributed by atoms with E-state index in [9.17, 15) is 9.59 Å². The van der Waals surface area contributed by atoms with Gasteiger partial charge in [0.05, 0.1) is 10.6 Å². The number of halogens is 1. The van der Waals surface area contributed by atoms with Gasteiger partial charge in [-0.2, -0.15) is 0 Å². The Morgan fingerprint density at radius 2 is 2.29 bits per heavy atom. The fraction of sp³-hybridized carbons (Fsp3) is 0.231. The third kappa shape index (κ3) is 4.36. The van der Waals surface area contributed by atoms with Gasteiger partial charge in [0, 0.05) is 13.0 Å². The lowest BCUT2D eigenvalue weighted by Gasteiger charge is -2.13. The van der Waals surface area contributed by atoms with Crippen LogP contribution in [0, 0.1) is 0 Å². The van der Waals surface area contributed by atoms with Crippen LogP contribution in [0.4, 0.5) is 0 Å². The Bertz CT molecular complexity index is 634. The standard InChI is InChI=1S/C13H11BrN2O3S2/c14-10-4-1-3-8(15-10)7-9-12(19)16(13(20)21-9)6-2-5-11(17)18/h1,3-4,7H,2,5-6H2,(H,17,18)/b9-7-. The molecular formula is C13H11BrN2O3S2. The number of carboxylic acids is 1. The fourth-order valence-corrected chi connectivity index (χ4v) is 3.37. The predicted molar refractivity (Wildman–Crippen MR) is 88.7 cm³/mol. The van der Waals surface area contributed by atoms with Crippen molar-refractivity contribution in [2.24, 2.45) is 0 Å². The molecule has 0 spiro atoms. The van der Waals surface area contributed by atoms with Gasteiger partial charge in [-0.15, -0.1) is 0 Å². The number of carbonyl (C=O) groups is 2. The number of rotatable bonds is 5. The van der Waals surface area contributed by atoms with Crippen molar-refractivity contribution >= 4 is 62.2 Å². The minimum absolute atomic E-state index is 0.0172. The van der Waals surface area contributed by atoms with E-state index in [1.54, 1.807) is 18.2 Å². The summed E-state index contributed by atoms with van der Waals surface area (Å²) >= 11 is 9.65. The monoisotopic (exact) mass is 386 g/mol. The summed E-state index contributed by atoms with van der Waals surface area (Å²) < 4.78 is 1.14. The van der Waals surface area contributed by atoms with E-state index in [2.05, 4.69) is 20.9 Å². The highest BCUT2D eigenvalue weighted by molar-refractivity contribution is 9.10. The molecule has 0 bridgehead atoms. The molecular weight excluding hydrogens is 376 g/mol. The van der Waals surface area contributed by atoms with Crippen LogP contribution < -0.4 is 0 Å². The van der Waals surface area contributed by atoms with E-state index in [1.165, 1.54) is 16.7 Å². The first-order valence-corrected chi connectivity index (χ1v) is 8.09. The molecule has 1 aromatic heterocycles. The molecule has 0 unspecified atom stereocenters. The highest BCUT2D eigenvalue weighted by Crippen LogP contribution is 2.32. The molecule has 1 aliphatic rings. The number of pyridine rings is 1. The second kappa shape index (κ2) is 7.15. The first-order chi connectivity index (χ1) is 9.97. The van der Waals surface area contributed by atoms with Crippen LogP contribution in [-0.2, 0) is 9.59 Å². The Morgan fingerprint density at radius 1 is 1.52 bits per heavy atom. The molecule has 1 N–H and O–H groups in total. The molecule has 1 aromatic rings. The van der Waals surface area contributed by atoms with Crippen LogP contribution >= 0.6 is 39.9 Å². The zero-order valence-electron chi connectivity index (χ0n) is 10.8. The van der Waals surface area contributed by atoms with E-state index in [-0.39, 0.29) is 12.3 Å². The maximum absolute atomic E-state index is 12.2. The minimum Gasteiger partial charge on any atom is -0.481 e. The number of hydrogen-bond acceptors (Lipinski definition) is 5. The molecule has 1 fully saturated rings. The topological polar surface area (TPSA) is 70.5 Å². The number of thiocarbonyl (C=S) groups is 1. The maximum atomic E-state index is 12.2. The third-order valence-electron chi connectivity index (χ3n) is 2.66. The molecule has 8 heteroatoms. The number of amides is 1. The van der Waals surface area contributed by atoms with E-state index in [0.717, 1.165) is 0 Å². The summed E-state index contributed by atoms with van der Waals surface area (Å²) in [5.74, 6) is -1.08. The van der Waals surface area contributed by atoms with Crippen molar-refractivity contribution in [3.05, 3.63) is 33.4 Å². The summed E-state index contributed by atoms with van der Waals surface area (Å²) in [6, 6.07) is 5.42. The van der Waals surface area contributed by atoms with Gasteiger partial charge in [-0.25, -0.2) is 4.98 Å². The van der Waals surface area contributed by atoms with Crippen molar-refractivity contribution in [1.29, 1.82) is 0 Å². The van der Waals surface area contributed by atoms with Gasteiger partial charge in [0.15, 0.2) is 0 Å². The smallest absolute Gasteiger partial charge is 0.303 e. The normalized spacial score (nSPS) is 16.8. The number of aliphatic carboxylic acids is 1. The van der Waals surface area contributed by atoms with Crippen LogP contribution in [-0.4, -0.2) is 37.7 Å². The molecule has 21 heavy (non-hydrogen) atoms. The molecule has 110 valence electrons. The maximum Gasteiger partial charge on any atom is 0.303 e. The largest absolute Gasteiger partial charge is 0.481 e. The molecule has 0 radical (unpaired) electrons. The summed E-state index contributed by atoms with van der Waals surface area (Å²) in [4.78, 5) is 28.9. The first-order valence-electron chi connectivity index (χ1n) is 6.07. The van der Waals surface area contributed by atoms with Crippen LogP contribution in [0.5, 0.6) is 0 Å². The van der Waals surface area contributed by atoms with Gasteiger partial charge in [0.1, 0.15) is 8.92 Å². The summed E-state index contributed by atoms with van der Waals surface area (Å²) in [6.45, 7) is 0.320. The van der Waals surface area contributed by atoms with E-state index < -0.39 is 5.97 Å². The van der Waals surface area contributed by atoms with Crippen LogP contribution in [0.3, 0.4) is 0 Å². The van der Waals surface area contributed by atoms with Gasteiger partial charge in [-0.1, -0.05) is 30.0 Å². The summed E-state index contributed by atoms with van der Waals surface area (Å²) in [5.41, 5.74) is 0.662. The lowest BCUT2D eigenvalue weighted by molar-refractivity contribution is -0.137. The van der Waals surface area contributed by atoms with Crippen molar-refractivity contribution in [1.82, 2.24) is 9.88 Å². The van der Waals surface area contributed by atoms with E-state index in [4.69, 9.17) is 17.3 Å². The number of aromatic nitrogens is 1. The Labute approximate surface area is 139 Å². The highest BCUT2D eigenvalue weighted by atomic mass is 79.9. The van der Waals surface area contributed by atoms with Gasteiger partial charge >= 0.3 is 5.97 Å². The average Bonchev–Trinajstić information content (AvgIpc) is 2.66. The van der Waals surface area contributed by atoms with E-state index in [0.29, 0.717) is 32.5 Å². The number of hydrogen-bond donors (Lipinski definition) is 1. The highest BCUT2D eigenvalue weighted by Gasteiger charge is 2.31. The molecule has 0 atom stereocenters. The zero-order valence-corrected chi connectivity index (χ0v) is 14.0. The molecule has 1 amide bonds. The van der Waals surface area contributed by atoms with Gasteiger partial charge in [0.25, 0.3) is 5.91 Å². The average molecular weight is 387 g/mol. The van der Waals surface area contributed by atoms with Crippen molar-refractivity contribution in [3.63, 3.8) is 0 Å². The number of carbonyl (C=O) groups excluding carboxylic acids is 1. The first kappa shape index (κ1) is 16.1. The van der Waals surface area contributed by atoms with Crippen molar-refractivity contribution in [2.75, 3.05) is 6.54 Å². The SMILES string of the molecule is O=C(O)CCCN1C(=O)/C(=C/c2cccc(Br)n2)SC1=S. The molecule has 0 aromatic carbocycles. The Balaban J connectivity index is 2.08. The van der Waals surface area contributed by atoms with Gasteiger partial charge in [-0.05, 0) is 40.6 Å². The van der Waals surface area contributed by atoms with E-state index >= 15 is 0 Å². The van der Waals surface area contributed by atoms with Crippen molar-refractivity contribution in [2.45, 2.75) is 12.8 Å². The molecule has 1 saturated heterocycles. The summed E-state index contributed by atoms with van der Waals surface area (Å²) in [6.07, 6.45) is 2.08. The Morgan fingerprint density at radius 3 is 2.95 bits per heavy atom. The lowest BCUT2D eigenvalue weighted by atomic mass is 10.3. The molecule has 0 saturated carbocycles. The Kier molecular flexibility index (Phi) is 5.49. The van der Waals surface area contributed by atoms with Crippen molar-refractivity contribution < 1.29 is 14.7 Å². The van der Waals surface area contributed by atoms with Gasteiger partial charge in [-0.3, -0.25) is 14.5 Å². The number of carboxylic acid groups (broad SMARTS) is 1. The second-order valence-corrected chi connectivity index (χ2v) is 6.70. The summed E-state index contributed by atoms with van der Waals surface area (Å²) in [5, 5.41) is 8.63. The zero-order chi connectivity index (χ0) is 15.4. The number of thioether (sulfide) groups is 1. The van der Waals surface area contributed by atoms with E-state index in [1.807, 2.05) is 6.07 Å². The van der Waals surface area contributed by atoms with Crippen LogP contribution in [0.15, 0.2) is 27.7 Å². The fourth-order valence-electron chi connectivity index (χ4n) is 1.72. The minimum atomic E-state index is -0.880. The molecule has 1 aliphatic heterocycles. The second-order valence-electron chi connectivity index (χ2n) is 4.22. The third-order valence-corrected chi connectivity index (χ3v) is 4.48. The quantitative estimate of drug-likeness (QED) is 0.476. The predicted octanol–water partition coefficient (Wildman–Crippen LogP) is 2.91. The Hall–Kier alpha value is -1.25. The molecule has 2 rings (SSSR count).